The maximum Gasteiger partial charge on any atom is 0.159 e. The third-order valence-corrected chi connectivity index (χ3v) is 7.58. The lowest BCUT2D eigenvalue weighted by Crippen LogP contribution is -2.53. The molecule has 2 saturated carbocycles. The van der Waals surface area contributed by atoms with Gasteiger partial charge in [-0.2, -0.15) is 0 Å². The zero-order valence-electron chi connectivity index (χ0n) is 16.5. The summed E-state index contributed by atoms with van der Waals surface area (Å²) >= 11 is 0. The summed E-state index contributed by atoms with van der Waals surface area (Å²) in [5.74, 6) is 1.03. The molecule has 2 unspecified atom stereocenters. The summed E-state index contributed by atoms with van der Waals surface area (Å²) in [6.07, 6.45) is 7.69. The van der Waals surface area contributed by atoms with Crippen LogP contribution >= 0.6 is 0 Å². The van der Waals surface area contributed by atoms with Crippen molar-refractivity contribution in [3.05, 3.63) is 11.6 Å². The molecule has 0 radical (unpaired) electrons. The topological polar surface area (TPSA) is 81.4 Å². The Morgan fingerprint density at radius 3 is 2.62 bits per heavy atom. The molecule has 7 atom stereocenters. The van der Waals surface area contributed by atoms with Crippen molar-refractivity contribution in [2.24, 2.45) is 29.1 Å². The van der Waals surface area contributed by atoms with E-state index in [-0.39, 0.29) is 17.1 Å². The van der Waals surface area contributed by atoms with Gasteiger partial charge in [0.2, 0.25) is 0 Å². The van der Waals surface area contributed by atoms with Gasteiger partial charge in [-0.1, -0.05) is 32.3 Å². The third kappa shape index (κ3) is 3.43. The molecule has 3 aliphatic rings. The van der Waals surface area contributed by atoms with Crippen LogP contribution in [0.25, 0.3) is 0 Å². The highest BCUT2D eigenvalue weighted by Crippen LogP contribution is 2.56. The van der Waals surface area contributed by atoms with Crippen molar-refractivity contribution in [1.29, 1.82) is 5.41 Å². The van der Waals surface area contributed by atoms with Crippen LogP contribution in [0.3, 0.4) is 0 Å². The number of unbranched alkanes of at least 4 members (excludes halogenated alkanes) is 1. The van der Waals surface area contributed by atoms with Gasteiger partial charge in [-0.15, -0.1) is 0 Å². The predicted molar refractivity (Wildman–Crippen MR) is 103 cm³/mol. The monoisotopic (exact) mass is 361 g/mol. The molecule has 3 aliphatic carbocycles. The Hall–Kier alpha value is -1.00. The van der Waals surface area contributed by atoms with E-state index in [1.54, 1.807) is 0 Å². The van der Waals surface area contributed by atoms with Gasteiger partial charge in [0.15, 0.2) is 5.78 Å². The summed E-state index contributed by atoms with van der Waals surface area (Å²) in [7, 11) is 0. The molecule has 0 aromatic rings. The standard InChI is InChI=1S/C22H35NO3/c1-4-5-6-17-16(15-8-7-14(9-15)13(2)23)10-19(24)18-11-20(25)21(26)12-22(17,18)3/h10,14-15,17-18,20-21,23,25-26H,4-9,11-12H2,1-3H3/t14-,15?,17?,18-,20+,21-,22+/m0/s1. The average molecular weight is 362 g/mol. The molecule has 0 heterocycles. The van der Waals surface area contributed by atoms with E-state index in [0.717, 1.165) is 44.2 Å². The second-order valence-corrected chi connectivity index (χ2v) is 9.26. The van der Waals surface area contributed by atoms with Crippen LogP contribution in [0.4, 0.5) is 0 Å². The summed E-state index contributed by atoms with van der Waals surface area (Å²) in [5.41, 5.74) is 1.79. The van der Waals surface area contributed by atoms with Crippen molar-refractivity contribution in [3.63, 3.8) is 0 Å². The number of aliphatic hydroxyl groups excluding tert-OH is 2. The molecule has 0 saturated heterocycles. The Bertz CT molecular complexity index is 598. The van der Waals surface area contributed by atoms with Gasteiger partial charge in [-0.25, -0.2) is 0 Å². The molecule has 3 N–H and O–H groups in total. The first kappa shape index (κ1) is 19.8. The molecule has 4 nitrogen and oxygen atoms in total. The van der Waals surface area contributed by atoms with Gasteiger partial charge in [0.25, 0.3) is 0 Å². The predicted octanol–water partition coefficient (Wildman–Crippen LogP) is 3.90. The van der Waals surface area contributed by atoms with Crippen molar-refractivity contribution in [2.75, 3.05) is 0 Å². The minimum Gasteiger partial charge on any atom is -0.390 e. The molecule has 0 amide bonds. The van der Waals surface area contributed by atoms with Crippen LogP contribution in [0.5, 0.6) is 0 Å². The molecule has 0 spiro atoms. The highest BCUT2D eigenvalue weighted by atomic mass is 16.3. The van der Waals surface area contributed by atoms with E-state index in [1.165, 1.54) is 5.57 Å². The van der Waals surface area contributed by atoms with Gasteiger partial charge in [-0.05, 0) is 74.7 Å². The van der Waals surface area contributed by atoms with E-state index < -0.39 is 12.2 Å². The number of ketones is 1. The fourth-order valence-electron chi connectivity index (χ4n) is 5.95. The molecule has 2 fully saturated rings. The molecule has 4 heteroatoms. The van der Waals surface area contributed by atoms with E-state index in [9.17, 15) is 15.0 Å². The zero-order valence-corrected chi connectivity index (χ0v) is 16.5. The number of carbonyl (C=O) groups is 1. The Morgan fingerprint density at radius 1 is 1.27 bits per heavy atom. The minimum atomic E-state index is -0.782. The summed E-state index contributed by atoms with van der Waals surface area (Å²) in [6, 6.07) is 0. The summed E-state index contributed by atoms with van der Waals surface area (Å²) < 4.78 is 0. The van der Waals surface area contributed by atoms with Crippen molar-refractivity contribution in [1.82, 2.24) is 0 Å². The van der Waals surface area contributed by atoms with Crippen LogP contribution in [-0.2, 0) is 4.79 Å². The highest BCUT2D eigenvalue weighted by Gasteiger charge is 2.54. The molecule has 0 aromatic heterocycles. The fourth-order valence-corrected chi connectivity index (χ4v) is 5.95. The largest absolute Gasteiger partial charge is 0.390 e. The van der Waals surface area contributed by atoms with Gasteiger partial charge < -0.3 is 15.6 Å². The zero-order chi connectivity index (χ0) is 19.1. The quantitative estimate of drug-likeness (QED) is 0.650. The number of nitrogens with one attached hydrogen (secondary N) is 1. The average Bonchev–Trinajstić information content (AvgIpc) is 3.06. The normalized spacial score (nSPS) is 43.1. The summed E-state index contributed by atoms with van der Waals surface area (Å²) in [4.78, 5) is 13.0. The molecule has 0 bridgehead atoms. The molecular weight excluding hydrogens is 326 g/mol. The SMILES string of the molecule is CCCCC1C(C2CC[C@H](C(C)=N)C2)=CC(=O)[C@@H]2C[C@@H](O)[C@@H](O)C[C@]12C. The first-order chi connectivity index (χ1) is 12.3. The maximum atomic E-state index is 13.0. The third-order valence-electron chi connectivity index (χ3n) is 7.58. The first-order valence-corrected chi connectivity index (χ1v) is 10.4. The number of carbonyl (C=O) groups excluding carboxylic acids is 1. The van der Waals surface area contributed by atoms with Gasteiger partial charge in [0.05, 0.1) is 12.2 Å². The second kappa shape index (κ2) is 7.55. The Kier molecular flexibility index (Phi) is 5.74. The van der Waals surface area contributed by atoms with Crippen molar-refractivity contribution >= 4 is 11.5 Å². The first-order valence-electron chi connectivity index (χ1n) is 10.4. The lowest BCUT2D eigenvalue weighted by atomic mass is 9.52. The van der Waals surface area contributed by atoms with Crippen LogP contribution in [0, 0.1) is 34.5 Å². The summed E-state index contributed by atoms with van der Waals surface area (Å²) in [6.45, 7) is 6.27. The fraction of sp³-hybridized carbons (Fsp3) is 0.818. The number of hydrogen-bond acceptors (Lipinski definition) is 4. The van der Waals surface area contributed by atoms with Gasteiger partial charge >= 0.3 is 0 Å². The van der Waals surface area contributed by atoms with Gasteiger partial charge in [0, 0.05) is 11.6 Å². The van der Waals surface area contributed by atoms with Crippen molar-refractivity contribution in [3.8, 4) is 0 Å². The Balaban J connectivity index is 1.93. The number of rotatable bonds is 5. The lowest BCUT2D eigenvalue weighted by Gasteiger charge is -2.53. The van der Waals surface area contributed by atoms with Crippen LogP contribution in [0.15, 0.2) is 11.6 Å². The number of allylic oxidation sites excluding steroid dienone is 2. The van der Waals surface area contributed by atoms with Crippen LogP contribution in [-0.4, -0.2) is 33.9 Å². The minimum absolute atomic E-state index is 0.149. The van der Waals surface area contributed by atoms with E-state index in [4.69, 9.17) is 5.41 Å². The number of fused-ring (bicyclic) bond motifs is 1. The Morgan fingerprint density at radius 2 is 2.00 bits per heavy atom. The van der Waals surface area contributed by atoms with Crippen molar-refractivity contribution < 1.29 is 15.0 Å². The summed E-state index contributed by atoms with van der Waals surface area (Å²) in [5, 5.41) is 28.5. The number of hydrogen-bond donors (Lipinski definition) is 3. The van der Waals surface area contributed by atoms with E-state index >= 15 is 0 Å². The van der Waals surface area contributed by atoms with E-state index in [1.807, 2.05) is 13.0 Å². The van der Waals surface area contributed by atoms with Crippen LogP contribution in [0.1, 0.15) is 72.1 Å². The lowest BCUT2D eigenvalue weighted by molar-refractivity contribution is -0.140. The molecule has 0 aromatic carbocycles. The molecule has 0 aliphatic heterocycles. The van der Waals surface area contributed by atoms with Gasteiger partial charge in [0.1, 0.15) is 0 Å². The highest BCUT2D eigenvalue weighted by molar-refractivity contribution is 5.94. The number of aliphatic hydroxyl groups is 2. The molecule has 146 valence electrons. The van der Waals surface area contributed by atoms with Crippen molar-refractivity contribution in [2.45, 2.75) is 84.3 Å². The van der Waals surface area contributed by atoms with E-state index in [2.05, 4.69) is 13.8 Å². The Labute approximate surface area is 157 Å². The smallest absolute Gasteiger partial charge is 0.159 e. The molecule has 3 rings (SSSR count). The van der Waals surface area contributed by atoms with Crippen LogP contribution in [0.2, 0.25) is 0 Å². The maximum absolute atomic E-state index is 13.0. The van der Waals surface area contributed by atoms with E-state index in [0.29, 0.717) is 30.6 Å². The second-order valence-electron chi connectivity index (χ2n) is 9.26. The molecule has 26 heavy (non-hydrogen) atoms. The van der Waals surface area contributed by atoms with Gasteiger partial charge in [-0.3, -0.25) is 4.79 Å². The molecular formula is C22H35NO3. The van der Waals surface area contributed by atoms with Crippen LogP contribution < -0.4 is 0 Å².